The van der Waals surface area contributed by atoms with Crippen molar-refractivity contribution in [2.45, 2.75) is 32.6 Å². The van der Waals surface area contributed by atoms with E-state index in [1.165, 1.54) is 19.0 Å². The van der Waals surface area contributed by atoms with Crippen molar-refractivity contribution in [3.63, 3.8) is 0 Å². The zero-order valence-electron chi connectivity index (χ0n) is 11.2. The van der Waals surface area contributed by atoms with Gasteiger partial charge in [-0.1, -0.05) is 31.4 Å². The molecule has 0 aromatic carbocycles. The molecule has 0 spiro atoms. The van der Waals surface area contributed by atoms with Crippen LogP contribution in [-0.2, 0) is 0 Å². The molecule has 0 bridgehead atoms. The molecule has 4 nitrogen and oxygen atoms in total. The summed E-state index contributed by atoms with van der Waals surface area (Å²) < 4.78 is 0. The summed E-state index contributed by atoms with van der Waals surface area (Å²) in [5.74, 6) is 1.05. The predicted octanol–water partition coefficient (Wildman–Crippen LogP) is 2.97. The van der Waals surface area contributed by atoms with Gasteiger partial charge in [0, 0.05) is 19.3 Å². The number of anilines is 1. The van der Waals surface area contributed by atoms with E-state index in [9.17, 15) is 4.79 Å². The second-order valence-electron chi connectivity index (χ2n) is 5.11. The van der Waals surface area contributed by atoms with Crippen LogP contribution in [0, 0.1) is 5.92 Å². The van der Waals surface area contributed by atoms with E-state index in [0.717, 1.165) is 31.8 Å². The van der Waals surface area contributed by atoms with E-state index in [1.807, 2.05) is 4.90 Å². The van der Waals surface area contributed by atoms with Gasteiger partial charge in [0.15, 0.2) is 0 Å². The number of carbonyl (C=O) groups excluding carboxylic acids is 1. The summed E-state index contributed by atoms with van der Waals surface area (Å²) in [6.45, 7) is 3.82. The zero-order chi connectivity index (χ0) is 13.8. The summed E-state index contributed by atoms with van der Waals surface area (Å²) in [5, 5.41) is 0.370. The largest absolute Gasteiger partial charge is 0.384 e. The highest BCUT2D eigenvalue weighted by molar-refractivity contribution is 6.33. The summed E-state index contributed by atoms with van der Waals surface area (Å²) in [4.78, 5) is 18.1. The summed E-state index contributed by atoms with van der Waals surface area (Å²) in [5.41, 5.74) is 6.08. The highest BCUT2D eigenvalue weighted by atomic mass is 35.5. The number of nitrogens with zero attached hydrogens (tertiary/aromatic N) is 2. The highest BCUT2D eigenvalue weighted by Crippen LogP contribution is 2.25. The number of pyridine rings is 1. The number of hydrogen-bond acceptors (Lipinski definition) is 3. The quantitative estimate of drug-likeness (QED) is 0.927. The molecule has 1 amide bonds. The van der Waals surface area contributed by atoms with Crippen molar-refractivity contribution in [1.82, 2.24) is 9.88 Å². The molecule has 2 N–H and O–H groups in total. The molecule has 0 radical (unpaired) electrons. The van der Waals surface area contributed by atoms with Gasteiger partial charge >= 0.3 is 0 Å². The molecule has 0 atom stereocenters. The van der Waals surface area contributed by atoms with Crippen LogP contribution in [0.25, 0.3) is 0 Å². The Hall–Kier alpha value is -1.29. The van der Waals surface area contributed by atoms with Gasteiger partial charge in [-0.3, -0.25) is 4.79 Å². The molecule has 1 aromatic heterocycles. The number of aromatic nitrogens is 1. The van der Waals surface area contributed by atoms with Crippen molar-refractivity contribution in [1.29, 1.82) is 0 Å². The Morgan fingerprint density at radius 1 is 1.53 bits per heavy atom. The van der Waals surface area contributed by atoms with Crippen LogP contribution in [0.2, 0.25) is 5.02 Å². The Kier molecular flexibility index (Phi) is 4.64. The Morgan fingerprint density at radius 3 is 2.84 bits per heavy atom. The first-order valence-electron chi connectivity index (χ1n) is 6.82. The first-order chi connectivity index (χ1) is 9.11. The number of halogens is 1. The van der Waals surface area contributed by atoms with Crippen LogP contribution in [0.3, 0.4) is 0 Å². The van der Waals surface area contributed by atoms with Gasteiger partial charge in [-0.05, 0) is 24.8 Å². The van der Waals surface area contributed by atoms with Crippen LogP contribution in [0.15, 0.2) is 12.3 Å². The smallest absolute Gasteiger partial charge is 0.255 e. The van der Waals surface area contributed by atoms with Crippen molar-refractivity contribution in [3.05, 3.63) is 22.8 Å². The van der Waals surface area contributed by atoms with Gasteiger partial charge in [0.2, 0.25) is 0 Å². The van der Waals surface area contributed by atoms with Gasteiger partial charge < -0.3 is 10.6 Å². The van der Waals surface area contributed by atoms with Gasteiger partial charge in [0.1, 0.15) is 5.82 Å². The maximum Gasteiger partial charge on any atom is 0.255 e. The minimum Gasteiger partial charge on any atom is -0.384 e. The SMILES string of the molecule is CCCC1CCN(C(=O)c2cc(N)ncc2Cl)CC1. The molecular formula is C14H20ClN3O. The number of nitrogens with two attached hydrogens (primary N) is 1. The first kappa shape index (κ1) is 14.1. The maximum absolute atomic E-state index is 12.4. The fraction of sp³-hybridized carbons (Fsp3) is 0.571. The second-order valence-corrected chi connectivity index (χ2v) is 5.52. The summed E-state index contributed by atoms with van der Waals surface area (Å²) in [6, 6.07) is 1.56. The Morgan fingerprint density at radius 2 is 2.21 bits per heavy atom. The van der Waals surface area contributed by atoms with E-state index in [-0.39, 0.29) is 5.91 Å². The van der Waals surface area contributed by atoms with Crippen molar-refractivity contribution in [2.24, 2.45) is 5.92 Å². The minimum atomic E-state index is -0.0333. The lowest BCUT2D eigenvalue weighted by atomic mass is 9.92. The average Bonchev–Trinajstić information content (AvgIpc) is 2.42. The normalized spacial score (nSPS) is 16.6. The average molecular weight is 282 g/mol. The van der Waals surface area contributed by atoms with Gasteiger partial charge in [0.25, 0.3) is 5.91 Å². The van der Waals surface area contributed by atoms with Crippen molar-refractivity contribution in [3.8, 4) is 0 Å². The number of piperidine rings is 1. The van der Waals surface area contributed by atoms with E-state index in [1.54, 1.807) is 6.07 Å². The number of likely N-dealkylation sites (tertiary alicyclic amines) is 1. The fourth-order valence-electron chi connectivity index (χ4n) is 2.62. The molecule has 1 aromatic rings. The van der Waals surface area contributed by atoms with E-state index in [4.69, 9.17) is 17.3 Å². The van der Waals surface area contributed by atoms with E-state index >= 15 is 0 Å². The van der Waals surface area contributed by atoms with Crippen LogP contribution in [0.5, 0.6) is 0 Å². The third-order valence-electron chi connectivity index (χ3n) is 3.71. The molecule has 1 fully saturated rings. The molecule has 0 saturated carbocycles. The second kappa shape index (κ2) is 6.24. The Balaban J connectivity index is 2.03. The molecule has 2 heterocycles. The molecule has 0 aliphatic carbocycles. The summed E-state index contributed by atoms with van der Waals surface area (Å²) in [6.07, 6.45) is 6.07. The van der Waals surface area contributed by atoms with Crippen molar-refractivity contribution >= 4 is 23.3 Å². The van der Waals surface area contributed by atoms with Gasteiger partial charge in [-0.25, -0.2) is 4.98 Å². The van der Waals surface area contributed by atoms with Crippen LogP contribution in [0.4, 0.5) is 5.82 Å². The Labute approximate surface area is 118 Å². The highest BCUT2D eigenvalue weighted by Gasteiger charge is 2.24. The molecular weight excluding hydrogens is 262 g/mol. The topological polar surface area (TPSA) is 59.2 Å². The lowest BCUT2D eigenvalue weighted by Gasteiger charge is -2.32. The van der Waals surface area contributed by atoms with E-state index in [2.05, 4.69) is 11.9 Å². The molecule has 19 heavy (non-hydrogen) atoms. The van der Waals surface area contributed by atoms with Crippen LogP contribution >= 0.6 is 11.6 Å². The van der Waals surface area contributed by atoms with Gasteiger partial charge in [-0.2, -0.15) is 0 Å². The molecule has 2 rings (SSSR count). The number of rotatable bonds is 3. The maximum atomic E-state index is 12.4. The minimum absolute atomic E-state index is 0.0333. The number of carbonyl (C=O) groups is 1. The molecule has 104 valence electrons. The van der Waals surface area contributed by atoms with Crippen molar-refractivity contribution in [2.75, 3.05) is 18.8 Å². The molecule has 5 heteroatoms. The van der Waals surface area contributed by atoms with E-state index in [0.29, 0.717) is 16.4 Å². The molecule has 1 saturated heterocycles. The number of nitrogen functional groups attached to an aromatic ring is 1. The monoisotopic (exact) mass is 281 g/mol. The molecule has 0 unspecified atom stereocenters. The van der Waals surface area contributed by atoms with Crippen molar-refractivity contribution < 1.29 is 4.79 Å². The molecule has 1 aliphatic rings. The lowest BCUT2D eigenvalue weighted by molar-refractivity contribution is 0.0686. The third-order valence-corrected chi connectivity index (χ3v) is 4.01. The third kappa shape index (κ3) is 3.38. The van der Waals surface area contributed by atoms with Crippen LogP contribution < -0.4 is 5.73 Å². The van der Waals surface area contributed by atoms with E-state index < -0.39 is 0 Å². The summed E-state index contributed by atoms with van der Waals surface area (Å²) >= 11 is 6.02. The zero-order valence-corrected chi connectivity index (χ0v) is 12.0. The summed E-state index contributed by atoms with van der Waals surface area (Å²) in [7, 11) is 0. The molecule has 1 aliphatic heterocycles. The fourth-order valence-corrected chi connectivity index (χ4v) is 2.81. The van der Waals surface area contributed by atoms with Crippen LogP contribution in [-0.4, -0.2) is 28.9 Å². The first-order valence-corrected chi connectivity index (χ1v) is 7.20. The lowest BCUT2D eigenvalue weighted by Crippen LogP contribution is -2.38. The van der Waals surface area contributed by atoms with Gasteiger partial charge in [-0.15, -0.1) is 0 Å². The predicted molar refractivity (Wildman–Crippen MR) is 77.2 cm³/mol. The van der Waals surface area contributed by atoms with Gasteiger partial charge in [0.05, 0.1) is 10.6 Å². The Bertz CT molecular complexity index is 456. The standard InChI is InChI=1S/C14H20ClN3O/c1-2-3-10-4-6-18(7-5-10)14(19)11-8-13(16)17-9-12(11)15/h8-10H,2-7H2,1H3,(H2,16,17). The number of hydrogen-bond donors (Lipinski definition) is 1. The number of amides is 1. The van der Waals surface area contributed by atoms with Crippen LogP contribution in [0.1, 0.15) is 43.0 Å².